The molecule has 2 aromatic carbocycles. The van der Waals surface area contributed by atoms with E-state index in [-0.39, 0.29) is 11.5 Å². The van der Waals surface area contributed by atoms with Crippen LogP contribution in [-0.2, 0) is 22.1 Å². The number of aryl methyl sites for hydroxylation is 1. The van der Waals surface area contributed by atoms with E-state index >= 15 is 0 Å². The average Bonchev–Trinajstić information content (AvgIpc) is 2.70. The molecule has 7 heteroatoms. The van der Waals surface area contributed by atoms with Crippen LogP contribution >= 0.6 is 11.8 Å². The van der Waals surface area contributed by atoms with Crippen molar-refractivity contribution in [1.29, 1.82) is 0 Å². The molecule has 154 valence electrons. The molecular formula is C22H22F3NO2S. The van der Waals surface area contributed by atoms with E-state index < -0.39 is 17.7 Å². The van der Waals surface area contributed by atoms with Crippen molar-refractivity contribution in [1.82, 2.24) is 0 Å². The lowest BCUT2D eigenvalue weighted by Crippen LogP contribution is -2.13. The molecule has 0 heterocycles. The molecule has 0 unspecified atom stereocenters. The van der Waals surface area contributed by atoms with Gasteiger partial charge in [-0.3, -0.25) is 0 Å². The van der Waals surface area contributed by atoms with Gasteiger partial charge in [-0.05, 0) is 43.0 Å². The van der Waals surface area contributed by atoms with Crippen LogP contribution in [0, 0.1) is 0 Å². The Kier molecular flexibility index (Phi) is 7.96. The summed E-state index contributed by atoms with van der Waals surface area (Å²) in [4.78, 5) is 13.0. The smallest absolute Gasteiger partial charge is 0.416 e. The molecule has 2 N–H and O–H groups in total. The summed E-state index contributed by atoms with van der Waals surface area (Å²) >= 11 is 1.01. The zero-order valence-electron chi connectivity index (χ0n) is 16.0. The Bertz CT molecular complexity index is 875. The van der Waals surface area contributed by atoms with Crippen LogP contribution in [0.4, 0.5) is 13.2 Å². The second-order valence-electron chi connectivity index (χ2n) is 6.16. The third-order valence-corrected chi connectivity index (χ3v) is 5.15. The van der Waals surface area contributed by atoms with Gasteiger partial charge < -0.3 is 10.5 Å². The van der Waals surface area contributed by atoms with E-state index in [1.54, 1.807) is 6.92 Å². The summed E-state index contributed by atoms with van der Waals surface area (Å²) in [6, 6.07) is 14.3. The second-order valence-corrected chi connectivity index (χ2v) is 7.27. The monoisotopic (exact) mass is 421 g/mol. The number of hydrogen-bond donors (Lipinski definition) is 1. The maximum atomic E-state index is 12.7. The number of nitrogens with two attached hydrogens (primary N) is 1. The minimum absolute atomic E-state index is 0.182. The molecular weight excluding hydrogens is 399 g/mol. The van der Waals surface area contributed by atoms with Gasteiger partial charge in [0.25, 0.3) is 0 Å². The van der Waals surface area contributed by atoms with E-state index in [1.165, 1.54) is 12.1 Å². The van der Waals surface area contributed by atoms with Crippen LogP contribution in [-0.4, -0.2) is 12.6 Å². The van der Waals surface area contributed by atoms with Gasteiger partial charge in [-0.2, -0.15) is 13.2 Å². The third-order valence-electron chi connectivity index (χ3n) is 4.04. The molecule has 0 aliphatic rings. The highest BCUT2D eigenvalue weighted by Crippen LogP contribution is 2.36. The first-order valence-electron chi connectivity index (χ1n) is 8.96. The summed E-state index contributed by atoms with van der Waals surface area (Å²) in [6.07, 6.45) is -3.33. The lowest BCUT2D eigenvalue weighted by Gasteiger charge is -2.13. The van der Waals surface area contributed by atoms with Crippen LogP contribution in [0.15, 0.2) is 71.8 Å². The number of carbonyl (C=O) groups is 1. The van der Waals surface area contributed by atoms with Gasteiger partial charge in [0.15, 0.2) is 0 Å². The normalized spacial score (nSPS) is 12.3. The van der Waals surface area contributed by atoms with Crippen molar-refractivity contribution in [2.45, 2.75) is 25.9 Å². The molecule has 0 bridgehead atoms. The fourth-order valence-electron chi connectivity index (χ4n) is 2.50. The number of carbonyl (C=O) groups excluding carboxylic acids is 1. The number of rotatable bonds is 8. The van der Waals surface area contributed by atoms with Gasteiger partial charge in [0.2, 0.25) is 0 Å². The van der Waals surface area contributed by atoms with E-state index in [2.05, 4.69) is 6.58 Å². The molecule has 0 amide bonds. The summed E-state index contributed by atoms with van der Waals surface area (Å²) in [5.41, 5.74) is 7.32. The zero-order valence-corrected chi connectivity index (χ0v) is 16.8. The summed E-state index contributed by atoms with van der Waals surface area (Å²) in [6.45, 7) is 5.75. The van der Waals surface area contributed by atoms with Crippen molar-refractivity contribution in [2.75, 3.05) is 6.61 Å². The quantitative estimate of drug-likeness (QED) is 0.434. The van der Waals surface area contributed by atoms with Gasteiger partial charge in [-0.1, -0.05) is 60.8 Å². The zero-order chi connectivity index (χ0) is 21.4. The number of thioether (sulfide) groups is 1. The van der Waals surface area contributed by atoms with Gasteiger partial charge >= 0.3 is 12.1 Å². The number of ether oxygens (including phenoxy) is 1. The van der Waals surface area contributed by atoms with E-state index in [0.717, 1.165) is 29.5 Å². The lowest BCUT2D eigenvalue weighted by atomic mass is 10.1. The van der Waals surface area contributed by atoms with Crippen molar-refractivity contribution in [3.8, 4) is 0 Å². The van der Waals surface area contributed by atoms with Gasteiger partial charge in [-0.15, -0.1) is 0 Å². The van der Waals surface area contributed by atoms with Crippen LogP contribution in [0.3, 0.4) is 0 Å². The fourth-order valence-corrected chi connectivity index (χ4v) is 3.38. The molecule has 0 radical (unpaired) electrons. The van der Waals surface area contributed by atoms with Gasteiger partial charge in [-0.25, -0.2) is 4.79 Å². The summed E-state index contributed by atoms with van der Waals surface area (Å²) < 4.78 is 43.3. The SMILES string of the molecule is C=C(S/C(C(=O)OCC)=C(\N)CCc1ccccc1)c1ccc(C(F)(F)F)cc1. The molecule has 0 saturated heterocycles. The predicted octanol–water partition coefficient (Wildman–Crippen LogP) is 5.78. The largest absolute Gasteiger partial charge is 0.462 e. The molecule has 0 spiro atoms. The minimum atomic E-state index is -4.41. The third kappa shape index (κ3) is 6.71. The lowest BCUT2D eigenvalue weighted by molar-refractivity contribution is -0.138. The Morgan fingerprint density at radius 3 is 2.28 bits per heavy atom. The van der Waals surface area contributed by atoms with Crippen molar-refractivity contribution in [2.24, 2.45) is 5.73 Å². The Labute approximate surface area is 172 Å². The van der Waals surface area contributed by atoms with E-state index in [1.807, 2.05) is 30.3 Å². The number of alkyl halides is 3. The molecule has 0 fully saturated rings. The molecule has 3 nitrogen and oxygen atoms in total. The van der Waals surface area contributed by atoms with Crippen molar-refractivity contribution >= 4 is 22.6 Å². The molecule has 2 rings (SSSR count). The Balaban J connectivity index is 2.18. The van der Waals surface area contributed by atoms with Crippen LogP contribution in [0.2, 0.25) is 0 Å². The molecule has 29 heavy (non-hydrogen) atoms. The Hall–Kier alpha value is -2.67. The second kappa shape index (κ2) is 10.2. The summed E-state index contributed by atoms with van der Waals surface area (Å²) in [5.74, 6) is -0.573. The van der Waals surface area contributed by atoms with Crippen molar-refractivity contribution in [3.05, 3.63) is 88.5 Å². The van der Waals surface area contributed by atoms with Crippen LogP contribution in [0.5, 0.6) is 0 Å². The maximum absolute atomic E-state index is 12.7. The molecule has 0 saturated carbocycles. The molecule has 0 atom stereocenters. The topological polar surface area (TPSA) is 52.3 Å². The first-order valence-corrected chi connectivity index (χ1v) is 9.78. The first-order chi connectivity index (χ1) is 13.7. The Morgan fingerprint density at radius 1 is 1.10 bits per heavy atom. The number of benzene rings is 2. The standard InChI is InChI=1S/C22H22F3NO2S/c1-3-28-21(27)20(19(26)14-9-16-7-5-4-6-8-16)29-15(2)17-10-12-18(13-11-17)22(23,24)25/h4-8,10-13H,2-3,9,14,26H2,1H3/b20-19-. The average molecular weight is 421 g/mol. The summed E-state index contributed by atoms with van der Waals surface area (Å²) in [7, 11) is 0. The minimum Gasteiger partial charge on any atom is -0.462 e. The van der Waals surface area contributed by atoms with Crippen LogP contribution < -0.4 is 5.73 Å². The predicted molar refractivity (Wildman–Crippen MR) is 111 cm³/mol. The number of hydrogen-bond acceptors (Lipinski definition) is 4. The number of halogens is 3. The summed E-state index contributed by atoms with van der Waals surface area (Å²) in [5, 5.41) is 0. The van der Waals surface area contributed by atoms with Gasteiger partial charge in [0.1, 0.15) is 4.91 Å². The van der Waals surface area contributed by atoms with Crippen LogP contribution in [0.25, 0.3) is 4.91 Å². The number of allylic oxidation sites excluding steroid dienone is 1. The highest BCUT2D eigenvalue weighted by molar-refractivity contribution is 8.12. The number of esters is 1. The Morgan fingerprint density at radius 2 is 1.72 bits per heavy atom. The van der Waals surface area contributed by atoms with Crippen molar-refractivity contribution in [3.63, 3.8) is 0 Å². The van der Waals surface area contributed by atoms with Crippen LogP contribution in [0.1, 0.15) is 30.0 Å². The van der Waals surface area contributed by atoms with E-state index in [9.17, 15) is 18.0 Å². The van der Waals surface area contributed by atoms with Gasteiger partial charge in [0, 0.05) is 10.6 Å². The fraction of sp³-hybridized carbons (Fsp3) is 0.227. The molecule has 0 aromatic heterocycles. The molecule has 0 aliphatic heterocycles. The first kappa shape index (κ1) is 22.6. The highest BCUT2D eigenvalue weighted by Gasteiger charge is 2.30. The van der Waals surface area contributed by atoms with Crippen molar-refractivity contribution < 1.29 is 22.7 Å². The molecule has 0 aliphatic carbocycles. The highest BCUT2D eigenvalue weighted by atomic mass is 32.2. The van der Waals surface area contributed by atoms with E-state index in [0.29, 0.717) is 29.0 Å². The maximum Gasteiger partial charge on any atom is 0.416 e. The van der Waals surface area contributed by atoms with E-state index in [4.69, 9.17) is 10.5 Å². The van der Waals surface area contributed by atoms with Gasteiger partial charge in [0.05, 0.1) is 12.2 Å². The molecule has 2 aromatic rings.